The van der Waals surface area contributed by atoms with Gasteiger partial charge in [-0.05, 0) is 6.07 Å². The third-order valence-corrected chi connectivity index (χ3v) is 3.98. The van der Waals surface area contributed by atoms with Crippen molar-refractivity contribution in [1.82, 2.24) is 35.3 Å². The lowest BCUT2D eigenvalue weighted by Crippen LogP contribution is -1.94. The third kappa shape index (κ3) is 2.45. The highest BCUT2D eigenvalue weighted by Crippen LogP contribution is 2.38. The van der Waals surface area contributed by atoms with Crippen molar-refractivity contribution in [3.63, 3.8) is 0 Å². The molecule has 0 amide bonds. The number of methoxy groups -OCH3 is 1. The molecule has 0 saturated heterocycles. The van der Waals surface area contributed by atoms with Crippen molar-refractivity contribution in [1.29, 1.82) is 0 Å². The number of aromatic nitrogens is 7. The molecule has 0 aliphatic rings. The molecule has 9 nitrogen and oxygen atoms in total. The Kier molecular flexibility index (Phi) is 3.50. The predicted molar refractivity (Wildman–Crippen MR) is 90.6 cm³/mol. The van der Waals surface area contributed by atoms with Gasteiger partial charge in [0.05, 0.1) is 24.5 Å². The van der Waals surface area contributed by atoms with E-state index < -0.39 is 0 Å². The van der Waals surface area contributed by atoms with E-state index >= 15 is 0 Å². The average molecular weight is 358 g/mol. The van der Waals surface area contributed by atoms with Crippen LogP contribution in [-0.2, 0) is 0 Å². The number of rotatable bonds is 4. The molecule has 0 atom stereocenters. The number of hydrogen-bond donors (Lipinski definition) is 3. The van der Waals surface area contributed by atoms with Crippen LogP contribution in [0.5, 0.6) is 5.88 Å². The van der Waals surface area contributed by atoms with E-state index in [4.69, 9.17) is 16.3 Å². The van der Waals surface area contributed by atoms with Gasteiger partial charge in [0.2, 0.25) is 5.88 Å². The zero-order valence-corrected chi connectivity index (χ0v) is 14.0. The quantitative estimate of drug-likeness (QED) is 0.482. The highest BCUT2D eigenvalue weighted by Gasteiger charge is 2.22. The first kappa shape index (κ1) is 15.3. The third-order valence-electron chi connectivity index (χ3n) is 3.71. The van der Waals surface area contributed by atoms with E-state index in [0.717, 1.165) is 11.1 Å². The summed E-state index contributed by atoms with van der Waals surface area (Å²) in [6.07, 6.45) is 3.39. The van der Waals surface area contributed by atoms with Crippen LogP contribution in [-0.4, -0.2) is 48.2 Å². The lowest BCUT2D eigenvalue weighted by molar-refractivity contribution is 0.100. The Morgan fingerprint density at radius 1 is 1.32 bits per heavy atom. The summed E-state index contributed by atoms with van der Waals surface area (Å²) in [5, 5.41) is 13.9. The molecule has 0 fully saturated rings. The Hall–Kier alpha value is -3.20. The van der Waals surface area contributed by atoms with Gasteiger partial charge in [0.25, 0.3) is 0 Å². The number of Topliss-reactive ketones (excluding diaryl/α,β-unsaturated/α-hetero) is 1. The topological polar surface area (TPSA) is 125 Å². The minimum absolute atomic E-state index is 0.176. The number of hydrogen-bond acceptors (Lipinski definition) is 6. The van der Waals surface area contributed by atoms with E-state index in [0.29, 0.717) is 33.5 Å². The Balaban J connectivity index is 2.02. The molecular weight excluding hydrogens is 346 g/mol. The second-order valence-electron chi connectivity index (χ2n) is 5.30. The first-order valence-corrected chi connectivity index (χ1v) is 7.65. The molecule has 0 bridgehead atoms. The Morgan fingerprint density at radius 2 is 2.16 bits per heavy atom. The van der Waals surface area contributed by atoms with Crippen LogP contribution in [0.3, 0.4) is 0 Å². The van der Waals surface area contributed by atoms with E-state index in [-0.39, 0.29) is 11.6 Å². The minimum atomic E-state index is -0.206. The Labute approximate surface area is 145 Å². The number of ether oxygens (including phenoxy) is 1. The molecule has 4 aromatic heterocycles. The number of halogens is 1. The molecule has 126 valence electrons. The molecule has 10 heteroatoms. The summed E-state index contributed by atoms with van der Waals surface area (Å²) in [7, 11) is 1.50. The van der Waals surface area contributed by atoms with E-state index in [1.807, 2.05) is 0 Å². The van der Waals surface area contributed by atoms with Gasteiger partial charge < -0.3 is 9.72 Å². The molecule has 4 aromatic rings. The zero-order chi connectivity index (χ0) is 17.6. The van der Waals surface area contributed by atoms with Gasteiger partial charge in [0, 0.05) is 24.2 Å². The number of nitrogens with one attached hydrogen (secondary N) is 3. The van der Waals surface area contributed by atoms with Crippen LogP contribution in [0.1, 0.15) is 17.5 Å². The fraction of sp³-hybridized carbons (Fsp3) is 0.133. The molecule has 4 rings (SSSR count). The highest BCUT2D eigenvalue weighted by atomic mass is 35.5. The van der Waals surface area contributed by atoms with Crippen LogP contribution < -0.4 is 4.74 Å². The molecule has 0 spiro atoms. The van der Waals surface area contributed by atoms with Crippen molar-refractivity contribution in [3.8, 4) is 28.5 Å². The van der Waals surface area contributed by atoms with Gasteiger partial charge in [-0.1, -0.05) is 11.6 Å². The summed E-state index contributed by atoms with van der Waals surface area (Å²) < 4.78 is 5.21. The Bertz CT molecular complexity index is 1080. The maximum absolute atomic E-state index is 11.5. The van der Waals surface area contributed by atoms with Crippen molar-refractivity contribution >= 4 is 28.4 Å². The van der Waals surface area contributed by atoms with Crippen molar-refractivity contribution in [3.05, 3.63) is 29.3 Å². The molecule has 4 heterocycles. The van der Waals surface area contributed by atoms with Gasteiger partial charge in [0.15, 0.2) is 17.4 Å². The first-order valence-electron chi connectivity index (χ1n) is 7.27. The van der Waals surface area contributed by atoms with Gasteiger partial charge in [-0.25, -0.2) is 9.97 Å². The summed E-state index contributed by atoms with van der Waals surface area (Å²) in [5.41, 5.74) is 3.43. The second-order valence-corrected chi connectivity index (χ2v) is 5.71. The van der Waals surface area contributed by atoms with Crippen LogP contribution in [0, 0.1) is 0 Å². The van der Waals surface area contributed by atoms with E-state index in [9.17, 15) is 4.79 Å². The molecular formula is C15H12ClN7O2. The van der Waals surface area contributed by atoms with Crippen molar-refractivity contribution in [2.24, 2.45) is 0 Å². The number of ketones is 1. The second kappa shape index (κ2) is 5.71. The molecule has 0 saturated carbocycles. The molecule has 25 heavy (non-hydrogen) atoms. The Morgan fingerprint density at radius 3 is 2.80 bits per heavy atom. The monoisotopic (exact) mass is 357 g/mol. The predicted octanol–water partition coefficient (Wildman–Crippen LogP) is 2.60. The molecule has 0 unspecified atom stereocenters. The summed E-state index contributed by atoms with van der Waals surface area (Å²) >= 11 is 6.17. The summed E-state index contributed by atoms with van der Waals surface area (Å²) in [4.78, 5) is 23.4. The fourth-order valence-corrected chi connectivity index (χ4v) is 2.81. The lowest BCUT2D eigenvalue weighted by Gasteiger charge is -2.02. The highest BCUT2D eigenvalue weighted by molar-refractivity contribution is 6.32. The maximum Gasteiger partial charge on any atom is 0.233 e. The van der Waals surface area contributed by atoms with Gasteiger partial charge in [-0.2, -0.15) is 10.2 Å². The lowest BCUT2D eigenvalue weighted by atomic mass is 10.1. The fourth-order valence-electron chi connectivity index (χ4n) is 2.58. The molecule has 3 N–H and O–H groups in total. The van der Waals surface area contributed by atoms with Crippen molar-refractivity contribution in [2.45, 2.75) is 6.92 Å². The smallest absolute Gasteiger partial charge is 0.233 e. The molecule has 0 aliphatic carbocycles. The number of aromatic amines is 3. The standard InChI is InChI=1S/C15H12ClN7O2/c1-6(24)13-21-14(23-22-13)12-10(7-4-17-18-5-7)11-9(19-12)3-8(16)15(20-11)25-2/h3-5,19H,1-2H3,(H,17,18)(H,21,22,23). The molecule has 0 aliphatic heterocycles. The van der Waals surface area contributed by atoms with Crippen LogP contribution in [0.25, 0.3) is 33.7 Å². The number of carbonyl (C=O) groups excluding carboxylic acids is 1. The number of H-pyrrole nitrogens is 3. The van der Waals surface area contributed by atoms with Crippen molar-refractivity contribution in [2.75, 3.05) is 7.11 Å². The number of pyridine rings is 1. The minimum Gasteiger partial charge on any atom is -0.480 e. The van der Waals surface area contributed by atoms with E-state index in [2.05, 4.69) is 35.3 Å². The summed E-state index contributed by atoms with van der Waals surface area (Å²) in [6, 6.07) is 1.72. The molecule has 0 radical (unpaired) electrons. The normalized spacial score (nSPS) is 11.2. The van der Waals surface area contributed by atoms with Crippen LogP contribution >= 0.6 is 11.6 Å². The average Bonchev–Trinajstić information content (AvgIpc) is 3.31. The maximum atomic E-state index is 11.5. The largest absolute Gasteiger partial charge is 0.480 e. The number of fused-ring (bicyclic) bond motifs is 1. The van der Waals surface area contributed by atoms with Crippen LogP contribution in [0.15, 0.2) is 18.5 Å². The number of carbonyl (C=O) groups is 1. The number of nitrogens with zero attached hydrogens (tertiary/aromatic N) is 4. The van der Waals surface area contributed by atoms with Crippen molar-refractivity contribution < 1.29 is 9.53 Å². The van der Waals surface area contributed by atoms with Gasteiger partial charge in [-0.15, -0.1) is 0 Å². The van der Waals surface area contributed by atoms with Crippen LogP contribution in [0.2, 0.25) is 5.02 Å². The van der Waals surface area contributed by atoms with E-state index in [1.165, 1.54) is 14.0 Å². The van der Waals surface area contributed by atoms with Gasteiger partial charge in [-0.3, -0.25) is 15.0 Å². The van der Waals surface area contributed by atoms with Gasteiger partial charge >= 0.3 is 0 Å². The first-order chi connectivity index (χ1) is 12.1. The zero-order valence-electron chi connectivity index (χ0n) is 13.2. The molecule has 0 aromatic carbocycles. The van der Waals surface area contributed by atoms with Crippen LogP contribution in [0.4, 0.5) is 0 Å². The summed E-state index contributed by atoms with van der Waals surface area (Å²) in [6.45, 7) is 1.42. The summed E-state index contributed by atoms with van der Waals surface area (Å²) in [5.74, 6) is 0.622. The SMILES string of the molecule is COc1nc2c(-c3cn[nH]c3)c(-c3n[nH]c(C(C)=O)n3)[nH]c2cc1Cl. The van der Waals surface area contributed by atoms with E-state index in [1.54, 1.807) is 18.5 Å². The van der Waals surface area contributed by atoms with Gasteiger partial charge in [0.1, 0.15) is 10.5 Å².